The first-order valence-electron chi connectivity index (χ1n) is 9.87. The first-order chi connectivity index (χ1) is 14.0. The van der Waals surface area contributed by atoms with Crippen molar-refractivity contribution >= 4 is 23.9 Å². The van der Waals surface area contributed by atoms with Crippen LogP contribution < -0.4 is 10.1 Å². The van der Waals surface area contributed by atoms with Crippen molar-refractivity contribution in [3.05, 3.63) is 29.8 Å². The Morgan fingerprint density at radius 2 is 1.70 bits per heavy atom. The third-order valence-corrected chi connectivity index (χ3v) is 4.26. The highest BCUT2D eigenvalue weighted by Gasteiger charge is 2.24. The van der Waals surface area contributed by atoms with Gasteiger partial charge in [0.15, 0.2) is 0 Å². The SMILES string of the molecule is CC(=O)Oc1cccc(C(=O)N2CCCN(C(=O)CNC(=O)OC(C)(C)C)CC2)c1. The minimum Gasteiger partial charge on any atom is -0.444 e. The van der Waals surface area contributed by atoms with Crippen molar-refractivity contribution in [2.75, 3.05) is 32.7 Å². The Labute approximate surface area is 176 Å². The molecular weight excluding hydrogens is 390 g/mol. The number of alkyl carbamates (subject to hydrolysis) is 1. The summed E-state index contributed by atoms with van der Waals surface area (Å²) in [5, 5.41) is 2.46. The van der Waals surface area contributed by atoms with E-state index in [1.54, 1.807) is 48.8 Å². The summed E-state index contributed by atoms with van der Waals surface area (Å²) >= 11 is 0. The van der Waals surface area contributed by atoms with E-state index in [2.05, 4.69) is 5.32 Å². The summed E-state index contributed by atoms with van der Waals surface area (Å²) in [5.74, 6) is -0.561. The van der Waals surface area contributed by atoms with Gasteiger partial charge < -0.3 is 24.6 Å². The molecule has 1 aliphatic heterocycles. The minimum atomic E-state index is -0.643. The van der Waals surface area contributed by atoms with Gasteiger partial charge in [0.25, 0.3) is 5.91 Å². The number of ether oxygens (including phenoxy) is 2. The van der Waals surface area contributed by atoms with Crippen LogP contribution in [0, 0.1) is 0 Å². The zero-order valence-electron chi connectivity index (χ0n) is 17.9. The van der Waals surface area contributed by atoms with Crippen molar-refractivity contribution < 1.29 is 28.7 Å². The highest BCUT2D eigenvalue weighted by Crippen LogP contribution is 2.16. The number of nitrogens with one attached hydrogen (secondary N) is 1. The van der Waals surface area contributed by atoms with E-state index >= 15 is 0 Å². The number of benzene rings is 1. The number of amides is 3. The molecule has 164 valence electrons. The molecular formula is C21H29N3O6. The highest BCUT2D eigenvalue weighted by molar-refractivity contribution is 5.95. The average molecular weight is 419 g/mol. The van der Waals surface area contributed by atoms with Crippen molar-refractivity contribution in [3.8, 4) is 5.75 Å². The zero-order valence-corrected chi connectivity index (χ0v) is 17.9. The molecule has 0 aliphatic carbocycles. The molecule has 30 heavy (non-hydrogen) atoms. The largest absolute Gasteiger partial charge is 0.444 e. The molecule has 1 aliphatic rings. The van der Waals surface area contributed by atoms with E-state index in [1.807, 2.05) is 0 Å². The van der Waals surface area contributed by atoms with Gasteiger partial charge in [0.2, 0.25) is 5.91 Å². The van der Waals surface area contributed by atoms with Gasteiger partial charge in [0.05, 0.1) is 0 Å². The van der Waals surface area contributed by atoms with Crippen LogP contribution in [0.4, 0.5) is 4.79 Å². The number of hydrogen-bond acceptors (Lipinski definition) is 6. The Balaban J connectivity index is 1.90. The molecule has 1 fully saturated rings. The molecule has 9 heteroatoms. The fourth-order valence-electron chi connectivity index (χ4n) is 2.98. The lowest BCUT2D eigenvalue weighted by molar-refractivity contribution is -0.132. The van der Waals surface area contributed by atoms with Gasteiger partial charge >= 0.3 is 12.1 Å². The molecule has 0 radical (unpaired) electrons. The van der Waals surface area contributed by atoms with Crippen molar-refractivity contribution in [2.24, 2.45) is 0 Å². The fourth-order valence-corrected chi connectivity index (χ4v) is 2.98. The number of esters is 1. The van der Waals surface area contributed by atoms with Crippen molar-refractivity contribution in [2.45, 2.75) is 39.7 Å². The maximum absolute atomic E-state index is 12.8. The Bertz CT molecular complexity index is 802. The maximum atomic E-state index is 12.8. The van der Waals surface area contributed by atoms with Crippen LogP contribution in [-0.4, -0.2) is 72.0 Å². The predicted molar refractivity (Wildman–Crippen MR) is 109 cm³/mol. The molecule has 0 saturated carbocycles. The van der Waals surface area contributed by atoms with E-state index < -0.39 is 17.7 Å². The molecule has 2 rings (SSSR count). The summed E-state index contributed by atoms with van der Waals surface area (Å²) in [6, 6.07) is 6.45. The lowest BCUT2D eigenvalue weighted by Gasteiger charge is -2.23. The number of carbonyl (C=O) groups excluding carboxylic acids is 4. The zero-order chi connectivity index (χ0) is 22.3. The third kappa shape index (κ3) is 7.38. The van der Waals surface area contributed by atoms with Crippen LogP contribution in [0.2, 0.25) is 0 Å². The number of nitrogens with zero attached hydrogens (tertiary/aromatic N) is 2. The fraction of sp³-hybridized carbons (Fsp3) is 0.524. The number of rotatable bonds is 4. The predicted octanol–water partition coefficient (Wildman–Crippen LogP) is 1.81. The van der Waals surface area contributed by atoms with Crippen LogP contribution >= 0.6 is 0 Å². The van der Waals surface area contributed by atoms with Gasteiger partial charge in [0.1, 0.15) is 17.9 Å². The first kappa shape index (κ1) is 23.2. The van der Waals surface area contributed by atoms with Gasteiger partial charge in [-0.1, -0.05) is 6.07 Å². The molecule has 1 aromatic carbocycles. The molecule has 0 aromatic heterocycles. The van der Waals surface area contributed by atoms with Crippen LogP contribution in [0.15, 0.2) is 24.3 Å². The summed E-state index contributed by atoms with van der Waals surface area (Å²) in [6.07, 6.45) is -0.0248. The average Bonchev–Trinajstić information content (AvgIpc) is 2.90. The van der Waals surface area contributed by atoms with Crippen LogP contribution in [0.3, 0.4) is 0 Å². The molecule has 1 aromatic rings. The lowest BCUT2D eigenvalue weighted by atomic mass is 10.2. The quantitative estimate of drug-likeness (QED) is 0.589. The molecule has 1 saturated heterocycles. The van der Waals surface area contributed by atoms with Gasteiger partial charge in [-0.15, -0.1) is 0 Å². The number of hydrogen-bond donors (Lipinski definition) is 1. The van der Waals surface area contributed by atoms with Gasteiger partial charge in [-0.3, -0.25) is 14.4 Å². The van der Waals surface area contributed by atoms with Crippen molar-refractivity contribution in [1.82, 2.24) is 15.1 Å². The summed E-state index contributed by atoms with van der Waals surface area (Å²) in [6.45, 7) is 8.11. The second-order valence-corrected chi connectivity index (χ2v) is 8.00. The van der Waals surface area contributed by atoms with E-state index in [0.717, 1.165) is 0 Å². The van der Waals surface area contributed by atoms with Gasteiger partial charge in [-0.05, 0) is 45.4 Å². The van der Waals surface area contributed by atoms with Crippen LogP contribution in [0.25, 0.3) is 0 Å². The highest BCUT2D eigenvalue weighted by atomic mass is 16.6. The summed E-state index contributed by atoms with van der Waals surface area (Å²) in [5.41, 5.74) is -0.219. The Morgan fingerprint density at radius 3 is 2.37 bits per heavy atom. The van der Waals surface area contributed by atoms with Gasteiger partial charge in [-0.2, -0.15) is 0 Å². The maximum Gasteiger partial charge on any atom is 0.408 e. The van der Waals surface area contributed by atoms with Gasteiger partial charge in [0, 0.05) is 38.7 Å². The van der Waals surface area contributed by atoms with E-state index in [-0.39, 0.29) is 18.4 Å². The molecule has 1 N–H and O–H groups in total. The van der Waals surface area contributed by atoms with E-state index in [1.165, 1.54) is 13.0 Å². The first-order valence-corrected chi connectivity index (χ1v) is 9.87. The van der Waals surface area contributed by atoms with Crippen molar-refractivity contribution in [1.29, 1.82) is 0 Å². The molecule has 0 atom stereocenters. The van der Waals surface area contributed by atoms with Gasteiger partial charge in [-0.25, -0.2) is 4.79 Å². The van der Waals surface area contributed by atoms with Crippen LogP contribution in [0.5, 0.6) is 5.75 Å². The molecule has 1 heterocycles. The molecule has 0 spiro atoms. The topological polar surface area (TPSA) is 105 Å². The van der Waals surface area contributed by atoms with Crippen molar-refractivity contribution in [3.63, 3.8) is 0 Å². The standard InChI is InChI=1S/C21H29N3O6/c1-15(25)29-17-8-5-7-16(13-17)19(27)24-10-6-9-23(11-12-24)18(26)14-22-20(28)30-21(2,3)4/h5,7-8,13H,6,9-12,14H2,1-4H3,(H,22,28). The Hall–Kier alpha value is -3.10. The molecule has 3 amide bonds. The monoisotopic (exact) mass is 419 g/mol. The van der Waals surface area contributed by atoms with Crippen LogP contribution in [-0.2, 0) is 14.3 Å². The lowest BCUT2D eigenvalue weighted by Crippen LogP contribution is -2.43. The van der Waals surface area contributed by atoms with E-state index in [9.17, 15) is 19.2 Å². The molecule has 0 bridgehead atoms. The summed E-state index contributed by atoms with van der Waals surface area (Å²) in [7, 11) is 0. The van der Waals surface area contributed by atoms with E-state index in [0.29, 0.717) is 43.9 Å². The van der Waals surface area contributed by atoms with Crippen LogP contribution in [0.1, 0.15) is 44.5 Å². The summed E-state index contributed by atoms with van der Waals surface area (Å²) in [4.78, 5) is 51.4. The third-order valence-electron chi connectivity index (χ3n) is 4.26. The minimum absolute atomic E-state index is 0.159. The molecule has 9 nitrogen and oxygen atoms in total. The Morgan fingerprint density at radius 1 is 1.03 bits per heavy atom. The normalized spacial score (nSPS) is 14.5. The second-order valence-electron chi connectivity index (χ2n) is 8.00. The van der Waals surface area contributed by atoms with E-state index in [4.69, 9.17) is 9.47 Å². The molecule has 0 unspecified atom stereocenters. The summed E-state index contributed by atoms with van der Waals surface area (Å²) < 4.78 is 10.2. The second kappa shape index (κ2) is 10.1. The Kier molecular flexibility index (Phi) is 7.79. The smallest absolute Gasteiger partial charge is 0.408 e. The number of carbonyl (C=O) groups is 4.